The van der Waals surface area contributed by atoms with E-state index in [4.69, 9.17) is 9.84 Å². The number of rotatable bonds is 7. The van der Waals surface area contributed by atoms with Crippen molar-refractivity contribution in [2.75, 3.05) is 13.2 Å². The Morgan fingerprint density at radius 3 is 2.29 bits per heavy atom. The van der Waals surface area contributed by atoms with Crippen LogP contribution in [-0.4, -0.2) is 36.2 Å². The summed E-state index contributed by atoms with van der Waals surface area (Å²) < 4.78 is 9.37. The highest BCUT2D eigenvalue weighted by atomic mass is 16.5. The Morgan fingerprint density at radius 1 is 1.18 bits per heavy atom. The van der Waals surface area contributed by atoms with Gasteiger partial charge in [-0.15, -0.1) is 0 Å². The quantitative estimate of drug-likeness (QED) is 0.401. The van der Waals surface area contributed by atoms with E-state index in [1.807, 2.05) is 0 Å². The highest BCUT2D eigenvalue weighted by Gasteiger charge is 2.03. The third kappa shape index (κ3) is 8.86. The Balaban J connectivity index is 3.59. The van der Waals surface area contributed by atoms with Crippen LogP contribution in [0, 0.1) is 0 Å². The third-order valence-electron chi connectivity index (χ3n) is 1.48. The van der Waals surface area contributed by atoms with Gasteiger partial charge in [-0.3, -0.25) is 0 Å². The molecule has 0 spiro atoms. The summed E-state index contributed by atoms with van der Waals surface area (Å²) in [5.41, 5.74) is 0.298. The third-order valence-corrected chi connectivity index (χ3v) is 1.48. The predicted molar refractivity (Wildman–Crippen MR) is 58.1 cm³/mol. The lowest BCUT2D eigenvalue weighted by Crippen LogP contribution is -2.10. The van der Waals surface area contributed by atoms with Crippen molar-refractivity contribution < 1.29 is 29.0 Å². The van der Waals surface area contributed by atoms with Crippen molar-refractivity contribution >= 4 is 17.9 Å². The van der Waals surface area contributed by atoms with Gasteiger partial charge in [0.1, 0.15) is 0 Å². The Morgan fingerprint density at radius 2 is 1.76 bits per heavy atom. The molecule has 0 saturated heterocycles. The molecule has 0 heterocycles. The van der Waals surface area contributed by atoms with Crippen LogP contribution in [0.15, 0.2) is 24.3 Å². The highest BCUT2D eigenvalue weighted by Crippen LogP contribution is 1.94. The van der Waals surface area contributed by atoms with Gasteiger partial charge < -0.3 is 14.6 Å². The van der Waals surface area contributed by atoms with Crippen molar-refractivity contribution in [2.24, 2.45) is 0 Å². The molecule has 0 saturated carbocycles. The molecule has 0 rings (SSSR count). The number of carbonyl (C=O) groups excluding carboxylic acids is 2. The number of ether oxygens (including phenoxy) is 2. The van der Waals surface area contributed by atoms with E-state index in [1.54, 1.807) is 0 Å². The van der Waals surface area contributed by atoms with E-state index in [-0.39, 0.29) is 13.2 Å². The number of esters is 2. The van der Waals surface area contributed by atoms with Crippen LogP contribution in [-0.2, 0) is 23.9 Å². The second-order valence-electron chi connectivity index (χ2n) is 3.11. The van der Waals surface area contributed by atoms with Gasteiger partial charge >= 0.3 is 17.9 Å². The molecule has 0 aromatic rings. The summed E-state index contributed by atoms with van der Waals surface area (Å²) in [6.07, 6.45) is 1.83. The van der Waals surface area contributed by atoms with Gasteiger partial charge in [0.15, 0.2) is 0 Å². The molecule has 6 nitrogen and oxygen atoms in total. The standard InChI is InChI=1S/C11H14O6/c1-8(2)11(15)17-7-3-6-16-10(14)5-4-9(12)13/h4-5H,1,3,6-7H2,2H3,(H,12,13)/b5-4+. The minimum atomic E-state index is -1.22. The van der Waals surface area contributed by atoms with E-state index >= 15 is 0 Å². The highest BCUT2D eigenvalue weighted by molar-refractivity contribution is 5.90. The van der Waals surface area contributed by atoms with Crippen LogP contribution in [0.4, 0.5) is 0 Å². The molecule has 0 radical (unpaired) electrons. The Bertz CT molecular complexity index is 342. The molecule has 0 aromatic heterocycles. The first kappa shape index (κ1) is 14.9. The van der Waals surface area contributed by atoms with E-state index in [2.05, 4.69) is 11.3 Å². The Hall–Kier alpha value is -2.11. The molecule has 17 heavy (non-hydrogen) atoms. The zero-order chi connectivity index (χ0) is 13.3. The summed E-state index contributed by atoms with van der Waals surface area (Å²) in [5, 5.41) is 8.22. The molecule has 0 fully saturated rings. The summed E-state index contributed by atoms with van der Waals surface area (Å²) in [6, 6.07) is 0. The lowest BCUT2D eigenvalue weighted by atomic mass is 10.4. The van der Waals surface area contributed by atoms with E-state index in [9.17, 15) is 14.4 Å². The van der Waals surface area contributed by atoms with Crippen molar-refractivity contribution in [1.29, 1.82) is 0 Å². The maximum atomic E-state index is 10.9. The van der Waals surface area contributed by atoms with Gasteiger partial charge in [0, 0.05) is 24.1 Å². The first-order chi connectivity index (χ1) is 7.93. The maximum Gasteiger partial charge on any atom is 0.333 e. The van der Waals surface area contributed by atoms with Crippen molar-refractivity contribution in [3.63, 3.8) is 0 Å². The number of carbonyl (C=O) groups is 3. The zero-order valence-corrected chi connectivity index (χ0v) is 9.47. The first-order valence-corrected chi connectivity index (χ1v) is 4.84. The number of carboxylic acids is 1. The largest absolute Gasteiger partial charge is 0.478 e. The molecule has 0 unspecified atom stereocenters. The van der Waals surface area contributed by atoms with Gasteiger partial charge in [-0.05, 0) is 6.92 Å². The topological polar surface area (TPSA) is 89.9 Å². The fraction of sp³-hybridized carbons (Fsp3) is 0.364. The van der Waals surface area contributed by atoms with E-state index in [0.717, 1.165) is 6.08 Å². The van der Waals surface area contributed by atoms with E-state index in [1.165, 1.54) is 6.92 Å². The normalized spacial score (nSPS) is 9.94. The van der Waals surface area contributed by atoms with E-state index in [0.29, 0.717) is 18.1 Å². The lowest BCUT2D eigenvalue weighted by molar-refractivity contribution is -0.141. The van der Waals surface area contributed by atoms with E-state index < -0.39 is 17.9 Å². The van der Waals surface area contributed by atoms with Gasteiger partial charge in [-0.2, -0.15) is 0 Å². The van der Waals surface area contributed by atoms with Crippen LogP contribution in [0.1, 0.15) is 13.3 Å². The molecular weight excluding hydrogens is 228 g/mol. The fourth-order valence-corrected chi connectivity index (χ4v) is 0.707. The van der Waals surface area contributed by atoms with Crippen molar-refractivity contribution in [2.45, 2.75) is 13.3 Å². The van der Waals surface area contributed by atoms with Crippen molar-refractivity contribution in [3.05, 3.63) is 24.3 Å². The molecule has 1 N–H and O–H groups in total. The molecule has 0 aliphatic carbocycles. The first-order valence-electron chi connectivity index (χ1n) is 4.84. The zero-order valence-electron chi connectivity index (χ0n) is 9.47. The molecule has 0 bridgehead atoms. The summed E-state index contributed by atoms with van der Waals surface area (Å²) in [5.74, 6) is -2.47. The van der Waals surface area contributed by atoms with Gasteiger partial charge in [0.25, 0.3) is 0 Å². The van der Waals surface area contributed by atoms with Crippen LogP contribution in [0.25, 0.3) is 0 Å². The Labute approximate surface area is 98.5 Å². The minimum Gasteiger partial charge on any atom is -0.478 e. The molecule has 0 atom stereocenters. The summed E-state index contributed by atoms with van der Waals surface area (Å²) in [6.45, 7) is 5.09. The van der Waals surface area contributed by atoms with Gasteiger partial charge in [0.2, 0.25) is 0 Å². The summed E-state index contributed by atoms with van der Waals surface area (Å²) in [4.78, 5) is 31.8. The van der Waals surface area contributed by atoms with Crippen LogP contribution < -0.4 is 0 Å². The SMILES string of the molecule is C=C(C)C(=O)OCCCOC(=O)/C=C/C(=O)O. The maximum absolute atomic E-state index is 10.9. The smallest absolute Gasteiger partial charge is 0.333 e. The van der Waals surface area contributed by atoms with Crippen LogP contribution in [0.5, 0.6) is 0 Å². The monoisotopic (exact) mass is 242 g/mol. The number of hydrogen-bond donors (Lipinski definition) is 1. The summed E-state index contributed by atoms with van der Waals surface area (Å²) in [7, 11) is 0. The number of hydrogen-bond acceptors (Lipinski definition) is 5. The van der Waals surface area contributed by atoms with Crippen LogP contribution >= 0.6 is 0 Å². The number of carboxylic acid groups (broad SMARTS) is 1. The van der Waals surface area contributed by atoms with Gasteiger partial charge in [0.05, 0.1) is 13.2 Å². The van der Waals surface area contributed by atoms with Crippen molar-refractivity contribution in [3.8, 4) is 0 Å². The van der Waals surface area contributed by atoms with Crippen LogP contribution in [0.3, 0.4) is 0 Å². The molecule has 6 heteroatoms. The molecular formula is C11H14O6. The van der Waals surface area contributed by atoms with Crippen LogP contribution in [0.2, 0.25) is 0 Å². The fourth-order valence-electron chi connectivity index (χ4n) is 0.707. The average molecular weight is 242 g/mol. The molecule has 0 aromatic carbocycles. The second-order valence-corrected chi connectivity index (χ2v) is 3.11. The average Bonchev–Trinajstić information content (AvgIpc) is 2.25. The summed E-state index contributed by atoms with van der Waals surface area (Å²) >= 11 is 0. The molecule has 0 aliphatic rings. The van der Waals surface area contributed by atoms with Gasteiger partial charge in [-0.25, -0.2) is 14.4 Å². The minimum absolute atomic E-state index is 0.0479. The lowest BCUT2D eigenvalue weighted by Gasteiger charge is -2.04. The predicted octanol–water partition coefficient (Wildman–Crippen LogP) is 0.680. The van der Waals surface area contributed by atoms with Crippen molar-refractivity contribution in [1.82, 2.24) is 0 Å². The molecule has 94 valence electrons. The molecule has 0 amide bonds. The molecule has 0 aliphatic heterocycles. The Kier molecular flexibility index (Phi) is 7.09. The second kappa shape index (κ2) is 8.09. The number of aliphatic carboxylic acids is 1. The van der Waals surface area contributed by atoms with Gasteiger partial charge in [-0.1, -0.05) is 6.58 Å².